The van der Waals surface area contributed by atoms with E-state index in [1.807, 2.05) is 12.3 Å². The van der Waals surface area contributed by atoms with E-state index >= 15 is 0 Å². The van der Waals surface area contributed by atoms with Gasteiger partial charge in [0, 0.05) is 34.4 Å². The highest BCUT2D eigenvalue weighted by Gasteiger charge is 2.15. The molecule has 2 heterocycles. The first-order chi connectivity index (χ1) is 9.92. The van der Waals surface area contributed by atoms with Crippen molar-refractivity contribution < 1.29 is 0 Å². The lowest BCUT2D eigenvalue weighted by atomic mass is 10.00. The molecule has 0 unspecified atom stereocenters. The maximum absolute atomic E-state index is 3.53. The molecule has 0 spiro atoms. The smallest absolute Gasteiger partial charge is 0.0464 e. The van der Waals surface area contributed by atoms with Gasteiger partial charge in [-0.25, -0.2) is 0 Å². The highest BCUT2D eigenvalue weighted by molar-refractivity contribution is 5.99. The normalized spacial score (nSPS) is 12.7. The van der Waals surface area contributed by atoms with Gasteiger partial charge in [-0.2, -0.15) is 0 Å². The summed E-state index contributed by atoms with van der Waals surface area (Å²) in [5.74, 6) is 0. The van der Waals surface area contributed by atoms with Crippen molar-refractivity contribution in [1.29, 1.82) is 0 Å². The third-order valence-electron chi connectivity index (χ3n) is 3.64. The van der Waals surface area contributed by atoms with Crippen LogP contribution in [-0.2, 0) is 0 Å². The van der Waals surface area contributed by atoms with Crippen molar-refractivity contribution in [1.82, 2.24) is 4.98 Å². The van der Waals surface area contributed by atoms with Gasteiger partial charge in [-0.1, -0.05) is 36.4 Å². The Morgan fingerprint density at radius 3 is 2.35 bits per heavy atom. The van der Waals surface area contributed by atoms with E-state index in [1.54, 1.807) is 0 Å². The number of benzene rings is 2. The van der Waals surface area contributed by atoms with Gasteiger partial charge in [0.15, 0.2) is 0 Å². The van der Waals surface area contributed by atoms with Gasteiger partial charge in [-0.3, -0.25) is 0 Å². The van der Waals surface area contributed by atoms with Crippen LogP contribution in [0, 0.1) is 0 Å². The van der Waals surface area contributed by atoms with Crippen molar-refractivity contribution in [2.75, 3.05) is 5.32 Å². The number of hydrogen-bond donors (Lipinski definition) is 2. The predicted molar refractivity (Wildman–Crippen MR) is 83.9 cm³/mol. The Morgan fingerprint density at radius 2 is 1.50 bits per heavy atom. The van der Waals surface area contributed by atoms with E-state index in [-0.39, 0.29) is 0 Å². The largest absolute Gasteiger partial charge is 0.361 e. The van der Waals surface area contributed by atoms with Crippen LogP contribution in [0.1, 0.15) is 16.8 Å². The number of nitrogens with one attached hydrogen (secondary N) is 2. The van der Waals surface area contributed by atoms with Gasteiger partial charge in [0.2, 0.25) is 0 Å². The Balaban J connectivity index is 2.01. The standard InChI is InChI=1S/C18H14N2/c1-3-8-16-13(6-1)12-15(17-10-5-11-19-17)14-7-2-4-9-18(14)20-16/h1-12,19-20H. The monoisotopic (exact) mass is 258 g/mol. The van der Waals surface area contributed by atoms with Gasteiger partial charge in [-0.15, -0.1) is 0 Å². The molecule has 0 aliphatic carbocycles. The molecule has 2 aromatic carbocycles. The summed E-state index contributed by atoms with van der Waals surface area (Å²) in [4.78, 5) is 3.31. The minimum absolute atomic E-state index is 1.14. The molecule has 0 saturated heterocycles. The van der Waals surface area contributed by atoms with Crippen molar-refractivity contribution in [3.63, 3.8) is 0 Å². The quantitative estimate of drug-likeness (QED) is 0.510. The van der Waals surface area contributed by atoms with Crippen LogP contribution in [0.25, 0.3) is 11.6 Å². The molecule has 96 valence electrons. The van der Waals surface area contributed by atoms with Crippen LogP contribution in [-0.4, -0.2) is 4.98 Å². The van der Waals surface area contributed by atoms with Crippen LogP contribution < -0.4 is 5.32 Å². The third-order valence-corrected chi connectivity index (χ3v) is 3.64. The first kappa shape index (κ1) is 11.1. The summed E-state index contributed by atoms with van der Waals surface area (Å²) in [5, 5.41) is 3.53. The van der Waals surface area contributed by atoms with E-state index in [0.717, 1.165) is 17.1 Å². The Kier molecular flexibility index (Phi) is 2.46. The molecule has 0 atom stereocenters. The van der Waals surface area contributed by atoms with Crippen LogP contribution in [0.5, 0.6) is 0 Å². The van der Waals surface area contributed by atoms with Gasteiger partial charge in [0.25, 0.3) is 0 Å². The second-order valence-corrected chi connectivity index (χ2v) is 4.90. The van der Waals surface area contributed by atoms with Crippen molar-refractivity contribution in [3.8, 4) is 0 Å². The molecule has 0 bridgehead atoms. The maximum atomic E-state index is 3.53. The Labute approximate surface area is 117 Å². The Morgan fingerprint density at radius 1 is 0.700 bits per heavy atom. The van der Waals surface area contributed by atoms with Gasteiger partial charge in [-0.05, 0) is 35.9 Å². The molecule has 1 aromatic heterocycles. The fraction of sp³-hybridized carbons (Fsp3) is 0. The van der Waals surface area contributed by atoms with Gasteiger partial charge in [0.1, 0.15) is 0 Å². The average molecular weight is 258 g/mol. The molecule has 20 heavy (non-hydrogen) atoms. The summed E-state index contributed by atoms with van der Waals surface area (Å²) in [5.41, 5.74) is 7.04. The van der Waals surface area contributed by atoms with Gasteiger partial charge >= 0.3 is 0 Å². The lowest BCUT2D eigenvalue weighted by Crippen LogP contribution is -1.94. The Hall–Kier alpha value is -2.74. The zero-order chi connectivity index (χ0) is 13.4. The first-order valence-corrected chi connectivity index (χ1v) is 6.73. The molecule has 0 fully saturated rings. The molecule has 1 aliphatic rings. The summed E-state index contributed by atoms with van der Waals surface area (Å²) in [7, 11) is 0. The van der Waals surface area contributed by atoms with Crippen LogP contribution in [0.2, 0.25) is 0 Å². The van der Waals surface area contributed by atoms with Crippen LogP contribution in [0.4, 0.5) is 11.4 Å². The summed E-state index contributed by atoms with van der Waals surface area (Å²) >= 11 is 0. The highest BCUT2D eigenvalue weighted by atomic mass is 14.9. The van der Waals surface area contributed by atoms with E-state index in [0.29, 0.717) is 0 Å². The molecular formula is C18H14N2. The highest BCUT2D eigenvalue weighted by Crippen LogP contribution is 2.37. The van der Waals surface area contributed by atoms with E-state index in [2.05, 4.69) is 71.0 Å². The van der Waals surface area contributed by atoms with Crippen LogP contribution in [0.3, 0.4) is 0 Å². The maximum Gasteiger partial charge on any atom is 0.0464 e. The summed E-state index contributed by atoms with van der Waals surface area (Å²) in [6.07, 6.45) is 4.20. The SMILES string of the molecule is C1=C(c2ccc[nH]2)c2ccccc2Nc2ccccc21. The summed E-state index contributed by atoms with van der Waals surface area (Å²) < 4.78 is 0. The van der Waals surface area contributed by atoms with Crippen LogP contribution in [0.15, 0.2) is 66.9 Å². The Bertz CT molecular complexity index is 783. The van der Waals surface area contributed by atoms with Crippen molar-refractivity contribution in [2.45, 2.75) is 0 Å². The second-order valence-electron chi connectivity index (χ2n) is 4.90. The topological polar surface area (TPSA) is 27.8 Å². The van der Waals surface area contributed by atoms with Crippen LogP contribution >= 0.6 is 0 Å². The number of aromatic amines is 1. The fourth-order valence-corrected chi connectivity index (χ4v) is 2.66. The number of anilines is 2. The number of hydrogen-bond acceptors (Lipinski definition) is 1. The molecule has 0 saturated carbocycles. The van der Waals surface area contributed by atoms with Gasteiger partial charge < -0.3 is 10.3 Å². The average Bonchev–Trinajstić information content (AvgIpc) is 2.96. The number of rotatable bonds is 1. The molecule has 0 amide bonds. The number of para-hydroxylation sites is 2. The third kappa shape index (κ3) is 1.74. The number of fused-ring (bicyclic) bond motifs is 2. The van der Waals surface area contributed by atoms with E-state index in [9.17, 15) is 0 Å². The molecule has 2 N–H and O–H groups in total. The number of H-pyrrole nitrogens is 1. The molecule has 1 aliphatic heterocycles. The zero-order valence-electron chi connectivity index (χ0n) is 10.9. The number of aromatic nitrogens is 1. The minimum Gasteiger partial charge on any atom is -0.361 e. The predicted octanol–water partition coefficient (Wildman–Crippen LogP) is 4.66. The van der Waals surface area contributed by atoms with Crippen molar-refractivity contribution >= 4 is 23.0 Å². The lowest BCUT2D eigenvalue weighted by molar-refractivity contribution is 1.35. The summed E-state index contributed by atoms with van der Waals surface area (Å²) in [6.45, 7) is 0. The van der Waals surface area contributed by atoms with Crippen molar-refractivity contribution in [3.05, 3.63) is 83.7 Å². The van der Waals surface area contributed by atoms with E-state index in [1.165, 1.54) is 16.7 Å². The fourth-order valence-electron chi connectivity index (χ4n) is 2.66. The molecular weight excluding hydrogens is 244 g/mol. The molecule has 3 aromatic rings. The van der Waals surface area contributed by atoms with Crippen molar-refractivity contribution in [2.24, 2.45) is 0 Å². The van der Waals surface area contributed by atoms with E-state index < -0.39 is 0 Å². The zero-order valence-corrected chi connectivity index (χ0v) is 10.9. The first-order valence-electron chi connectivity index (χ1n) is 6.73. The summed E-state index contributed by atoms with van der Waals surface area (Å²) in [6, 6.07) is 20.9. The van der Waals surface area contributed by atoms with Gasteiger partial charge in [0.05, 0.1) is 0 Å². The minimum atomic E-state index is 1.14. The lowest BCUT2D eigenvalue weighted by Gasteiger charge is -2.11. The molecule has 4 rings (SSSR count). The molecule has 2 heteroatoms. The second kappa shape index (κ2) is 4.42. The molecule has 2 nitrogen and oxygen atoms in total. The molecule has 0 radical (unpaired) electrons. The van der Waals surface area contributed by atoms with E-state index in [4.69, 9.17) is 0 Å².